The fourth-order valence-corrected chi connectivity index (χ4v) is 1.85. The van der Waals surface area contributed by atoms with Gasteiger partial charge in [-0.15, -0.1) is 0 Å². The number of aromatic nitrogens is 1. The first-order valence-electron chi connectivity index (χ1n) is 3.25. The molecule has 0 saturated heterocycles. The van der Waals surface area contributed by atoms with Crippen LogP contribution in [-0.2, 0) is 10.0 Å². The van der Waals surface area contributed by atoms with Crippen LogP contribution in [-0.4, -0.2) is 18.5 Å². The van der Waals surface area contributed by atoms with E-state index in [9.17, 15) is 8.42 Å². The first kappa shape index (κ1) is 9.87. The number of nitrogens with one attached hydrogen (secondary N) is 1. The maximum absolute atomic E-state index is 11.3. The largest absolute Gasteiger partial charge is 0.376 e. The number of nitrogens with zero attached hydrogens (tertiary/aromatic N) is 1. The van der Waals surface area contributed by atoms with Gasteiger partial charge in [0.2, 0.25) is 0 Å². The van der Waals surface area contributed by atoms with Crippen molar-refractivity contribution >= 4 is 27.4 Å². The molecule has 70 valence electrons. The van der Waals surface area contributed by atoms with Crippen molar-refractivity contribution in [1.82, 2.24) is 9.71 Å². The number of hydrogen-bond acceptors (Lipinski definition) is 4. The maximum atomic E-state index is 11.3. The Hall–Kier alpha value is -1.21. The maximum Gasteiger partial charge on any atom is 0.281 e. The second-order valence-corrected chi connectivity index (χ2v) is 4.21. The van der Waals surface area contributed by atoms with Crippen LogP contribution in [0.5, 0.6) is 0 Å². The minimum atomic E-state index is -3.69. The second-order valence-electron chi connectivity index (χ2n) is 2.14. The summed E-state index contributed by atoms with van der Waals surface area (Å²) in [5.41, 5.74) is 5.03. The molecule has 0 aliphatic carbocycles. The lowest BCUT2D eigenvalue weighted by Gasteiger charge is -2.03. The number of sulfonamides is 1. The van der Waals surface area contributed by atoms with Crippen LogP contribution < -0.4 is 10.5 Å². The van der Waals surface area contributed by atoms with Gasteiger partial charge >= 0.3 is 0 Å². The van der Waals surface area contributed by atoms with Crippen molar-refractivity contribution in [3.8, 4) is 0 Å². The summed E-state index contributed by atoms with van der Waals surface area (Å²) in [6.45, 7) is 0. The molecular weight excluding hydrogens is 210 g/mol. The van der Waals surface area contributed by atoms with Crippen LogP contribution >= 0.6 is 12.2 Å². The summed E-state index contributed by atoms with van der Waals surface area (Å²) in [5, 5.41) is -0.409. The van der Waals surface area contributed by atoms with E-state index >= 15 is 0 Å². The highest BCUT2D eigenvalue weighted by Gasteiger charge is 2.14. The van der Waals surface area contributed by atoms with E-state index in [4.69, 9.17) is 5.73 Å². The van der Waals surface area contributed by atoms with Crippen LogP contribution in [0.3, 0.4) is 0 Å². The highest BCUT2D eigenvalue weighted by atomic mass is 32.2. The zero-order valence-corrected chi connectivity index (χ0v) is 8.10. The van der Waals surface area contributed by atoms with E-state index in [0.29, 0.717) is 0 Å². The zero-order chi connectivity index (χ0) is 9.90. The number of rotatable bonds is 2. The van der Waals surface area contributed by atoms with E-state index in [1.165, 1.54) is 12.3 Å². The number of thiocarbonyl (C=S) groups is 1. The summed E-state index contributed by atoms with van der Waals surface area (Å²) < 4.78 is 24.6. The standard InChI is InChI=1S/C6H7N3O2S2/c7-6(12)9-13(10,11)5-3-1-2-4-8-5/h1-4H,(H3,7,9,12). The van der Waals surface area contributed by atoms with Gasteiger partial charge in [0.05, 0.1) is 0 Å². The lowest BCUT2D eigenvalue weighted by Crippen LogP contribution is -2.35. The van der Waals surface area contributed by atoms with Crippen LogP contribution in [0.15, 0.2) is 29.4 Å². The van der Waals surface area contributed by atoms with Crippen LogP contribution in [0, 0.1) is 0 Å². The van der Waals surface area contributed by atoms with E-state index in [-0.39, 0.29) is 10.1 Å². The second kappa shape index (κ2) is 3.67. The SMILES string of the molecule is NC(=S)NS(=O)(=O)c1ccccn1. The summed E-state index contributed by atoms with van der Waals surface area (Å²) in [6.07, 6.45) is 1.37. The Balaban J connectivity index is 3.02. The Labute approximate surface area is 81.0 Å². The average Bonchev–Trinajstić information content (AvgIpc) is 2.04. The molecule has 0 amide bonds. The van der Waals surface area contributed by atoms with Gasteiger partial charge in [0, 0.05) is 6.20 Å². The molecule has 1 rings (SSSR count). The van der Waals surface area contributed by atoms with Gasteiger partial charge < -0.3 is 5.73 Å². The Bertz CT molecular complexity index is 401. The lowest BCUT2D eigenvalue weighted by atomic mass is 10.5. The Morgan fingerprint density at radius 1 is 1.54 bits per heavy atom. The Morgan fingerprint density at radius 3 is 2.69 bits per heavy atom. The van der Waals surface area contributed by atoms with Gasteiger partial charge in [-0.1, -0.05) is 6.07 Å². The molecule has 0 radical (unpaired) electrons. The molecule has 13 heavy (non-hydrogen) atoms. The van der Waals surface area contributed by atoms with Gasteiger partial charge in [-0.25, -0.2) is 4.98 Å². The normalized spacial score (nSPS) is 10.8. The quantitative estimate of drug-likeness (QED) is 0.659. The van der Waals surface area contributed by atoms with Gasteiger partial charge in [-0.2, -0.15) is 8.42 Å². The molecule has 1 aromatic heterocycles. The Morgan fingerprint density at radius 2 is 2.23 bits per heavy atom. The molecule has 3 N–H and O–H groups in total. The molecule has 1 aromatic rings. The third-order valence-electron chi connectivity index (χ3n) is 1.15. The third kappa shape index (κ3) is 2.63. The van der Waals surface area contributed by atoms with Crippen LogP contribution in [0.1, 0.15) is 0 Å². The van der Waals surface area contributed by atoms with Crippen molar-refractivity contribution < 1.29 is 8.42 Å². The third-order valence-corrected chi connectivity index (χ3v) is 2.66. The monoisotopic (exact) mass is 217 g/mol. The lowest BCUT2D eigenvalue weighted by molar-refractivity contribution is 0.589. The molecule has 7 heteroatoms. The van der Waals surface area contributed by atoms with E-state index < -0.39 is 10.0 Å². The summed E-state index contributed by atoms with van der Waals surface area (Å²) in [5.74, 6) is 0. The molecule has 0 unspecified atom stereocenters. The van der Waals surface area contributed by atoms with Gasteiger partial charge in [0.1, 0.15) is 0 Å². The minimum Gasteiger partial charge on any atom is -0.376 e. The van der Waals surface area contributed by atoms with Crippen LogP contribution in [0.2, 0.25) is 0 Å². The highest BCUT2D eigenvalue weighted by molar-refractivity contribution is 7.91. The number of pyridine rings is 1. The van der Waals surface area contributed by atoms with Crippen molar-refractivity contribution in [3.63, 3.8) is 0 Å². The van der Waals surface area contributed by atoms with Crippen LogP contribution in [0.25, 0.3) is 0 Å². The van der Waals surface area contributed by atoms with Crippen molar-refractivity contribution in [2.45, 2.75) is 5.03 Å². The van der Waals surface area contributed by atoms with Crippen molar-refractivity contribution in [3.05, 3.63) is 24.4 Å². The predicted octanol–water partition coefficient (Wildman–Crippen LogP) is -0.397. The molecule has 5 nitrogen and oxygen atoms in total. The molecule has 0 fully saturated rings. The van der Waals surface area contributed by atoms with E-state index in [2.05, 4.69) is 17.2 Å². The fourth-order valence-electron chi connectivity index (χ4n) is 0.691. The molecule has 0 spiro atoms. The summed E-state index contributed by atoms with van der Waals surface area (Å²) in [4.78, 5) is 3.64. The van der Waals surface area contributed by atoms with E-state index in [1.807, 2.05) is 4.72 Å². The summed E-state index contributed by atoms with van der Waals surface area (Å²) in [6, 6.07) is 4.52. The predicted molar refractivity (Wildman–Crippen MR) is 51.3 cm³/mol. The topological polar surface area (TPSA) is 85.1 Å². The highest BCUT2D eigenvalue weighted by Crippen LogP contribution is 2.01. The van der Waals surface area contributed by atoms with Gasteiger partial charge in [0.15, 0.2) is 10.1 Å². The smallest absolute Gasteiger partial charge is 0.281 e. The first-order valence-corrected chi connectivity index (χ1v) is 5.15. The van der Waals surface area contributed by atoms with Crippen molar-refractivity contribution in [1.29, 1.82) is 0 Å². The summed E-state index contributed by atoms with van der Waals surface area (Å²) >= 11 is 4.40. The van der Waals surface area contributed by atoms with Gasteiger partial charge in [-0.05, 0) is 24.4 Å². The van der Waals surface area contributed by atoms with Crippen molar-refractivity contribution in [2.75, 3.05) is 0 Å². The van der Waals surface area contributed by atoms with E-state index in [0.717, 1.165) is 0 Å². The molecule has 0 aliphatic rings. The van der Waals surface area contributed by atoms with E-state index in [1.54, 1.807) is 12.1 Å². The van der Waals surface area contributed by atoms with Crippen LogP contribution in [0.4, 0.5) is 0 Å². The number of hydrogen-bond donors (Lipinski definition) is 2. The molecule has 0 aromatic carbocycles. The first-order chi connectivity index (χ1) is 6.02. The molecule has 0 atom stereocenters. The average molecular weight is 217 g/mol. The van der Waals surface area contributed by atoms with Gasteiger partial charge in [0.25, 0.3) is 10.0 Å². The minimum absolute atomic E-state index is 0.109. The fraction of sp³-hybridized carbons (Fsp3) is 0. The molecule has 0 bridgehead atoms. The molecule has 0 saturated carbocycles. The zero-order valence-electron chi connectivity index (χ0n) is 6.47. The Kier molecular flexibility index (Phi) is 2.79. The molecular formula is C6H7N3O2S2. The summed E-state index contributed by atoms with van der Waals surface area (Å²) in [7, 11) is -3.69. The molecule has 0 aliphatic heterocycles. The van der Waals surface area contributed by atoms with Crippen molar-refractivity contribution in [2.24, 2.45) is 5.73 Å². The number of nitrogens with two attached hydrogens (primary N) is 1. The van der Waals surface area contributed by atoms with Gasteiger partial charge in [-0.3, -0.25) is 4.72 Å². The molecule has 1 heterocycles.